The number of urea groups is 1. The number of nitrogens with zero attached hydrogens (tertiary/aromatic N) is 4. The molecule has 42 heavy (non-hydrogen) atoms. The van der Waals surface area contributed by atoms with E-state index >= 15 is 0 Å². The van der Waals surface area contributed by atoms with E-state index in [1.807, 2.05) is 18.2 Å². The number of carboxylic acid groups (broad SMARTS) is 1. The molecule has 2 fully saturated rings. The second-order valence-electron chi connectivity index (χ2n) is 9.38. The molecule has 4 heterocycles. The molecule has 0 aliphatic carbocycles. The lowest BCUT2D eigenvalue weighted by Gasteiger charge is -2.21. The average molecular weight is 578 g/mol. The van der Waals surface area contributed by atoms with Crippen LogP contribution in [-0.2, 0) is 19.0 Å². The maximum atomic E-state index is 14.6. The first-order valence-corrected chi connectivity index (χ1v) is 12.9. The van der Waals surface area contributed by atoms with Crippen molar-refractivity contribution in [3.8, 4) is 0 Å². The number of carbonyl (C=O) groups is 3. The number of fused-ring (bicyclic) bond motifs is 2. The lowest BCUT2D eigenvalue weighted by atomic mass is 10.1. The van der Waals surface area contributed by atoms with Gasteiger partial charge in [-0.3, -0.25) is 14.7 Å². The number of para-hydroxylation sites is 1. The van der Waals surface area contributed by atoms with Gasteiger partial charge in [0.15, 0.2) is 35.6 Å². The number of amides is 3. The molecule has 6 rings (SSSR count). The van der Waals surface area contributed by atoms with Gasteiger partial charge < -0.3 is 30.0 Å². The summed E-state index contributed by atoms with van der Waals surface area (Å²) in [5.74, 6) is -3.03. The SMILES string of the molecule is CCNC(=O)Nc1ncnc2c1ncn2C1OC(C(=O)Nc2c(F)cccc2C(=O)O)C2O[C@H](c3ccccc3)OC21. The van der Waals surface area contributed by atoms with Crippen LogP contribution in [0.4, 0.5) is 20.7 Å². The van der Waals surface area contributed by atoms with Crippen molar-refractivity contribution in [1.82, 2.24) is 24.8 Å². The van der Waals surface area contributed by atoms with Crippen molar-refractivity contribution in [2.75, 3.05) is 17.2 Å². The fourth-order valence-corrected chi connectivity index (χ4v) is 4.92. The minimum atomic E-state index is -1.42. The summed E-state index contributed by atoms with van der Waals surface area (Å²) in [5, 5.41) is 17.1. The molecule has 3 amide bonds. The van der Waals surface area contributed by atoms with Crippen molar-refractivity contribution in [2.24, 2.45) is 0 Å². The number of ether oxygens (including phenoxy) is 3. The minimum absolute atomic E-state index is 0.153. The molecule has 0 bridgehead atoms. The quantitative estimate of drug-likeness (QED) is 0.255. The number of benzene rings is 2. The summed E-state index contributed by atoms with van der Waals surface area (Å²) >= 11 is 0. The van der Waals surface area contributed by atoms with Crippen LogP contribution in [0.1, 0.15) is 35.4 Å². The molecule has 4 aromatic rings. The van der Waals surface area contributed by atoms with E-state index in [0.717, 1.165) is 6.07 Å². The molecule has 2 aromatic heterocycles. The van der Waals surface area contributed by atoms with E-state index in [1.54, 1.807) is 19.1 Å². The van der Waals surface area contributed by atoms with Crippen LogP contribution >= 0.6 is 0 Å². The van der Waals surface area contributed by atoms with Gasteiger partial charge in [0.05, 0.1) is 17.6 Å². The molecule has 4 unspecified atom stereocenters. The molecular weight excluding hydrogens is 553 g/mol. The molecule has 14 nitrogen and oxygen atoms in total. The summed E-state index contributed by atoms with van der Waals surface area (Å²) in [6, 6.07) is 12.0. The fourth-order valence-electron chi connectivity index (χ4n) is 4.92. The van der Waals surface area contributed by atoms with Gasteiger partial charge >= 0.3 is 12.0 Å². The molecule has 4 N–H and O–H groups in total. The fraction of sp³-hybridized carbons (Fsp3) is 0.259. The third-order valence-electron chi connectivity index (χ3n) is 6.78. The minimum Gasteiger partial charge on any atom is -0.478 e. The van der Waals surface area contributed by atoms with Crippen LogP contribution in [0.25, 0.3) is 11.2 Å². The molecule has 0 spiro atoms. The number of imidazole rings is 1. The molecule has 216 valence electrons. The van der Waals surface area contributed by atoms with Crippen LogP contribution in [0.15, 0.2) is 61.2 Å². The van der Waals surface area contributed by atoms with Crippen molar-refractivity contribution in [1.29, 1.82) is 0 Å². The third-order valence-corrected chi connectivity index (χ3v) is 6.78. The predicted molar refractivity (Wildman–Crippen MR) is 143 cm³/mol. The normalized spacial score (nSPS) is 23.0. The van der Waals surface area contributed by atoms with Crippen LogP contribution < -0.4 is 16.0 Å². The number of anilines is 2. The average Bonchev–Trinajstić information content (AvgIpc) is 3.69. The lowest BCUT2D eigenvalue weighted by molar-refractivity contribution is -0.158. The highest BCUT2D eigenvalue weighted by Crippen LogP contribution is 2.45. The molecule has 15 heteroatoms. The number of halogens is 1. The zero-order chi connectivity index (χ0) is 29.4. The van der Waals surface area contributed by atoms with Crippen LogP contribution in [0.2, 0.25) is 0 Å². The second kappa shape index (κ2) is 11.1. The highest BCUT2D eigenvalue weighted by atomic mass is 19.1. The largest absolute Gasteiger partial charge is 0.478 e. The molecule has 5 atom stereocenters. The van der Waals surface area contributed by atoms with Gasteiger partial charge in [0.25, 0.3) is 5.91 Å². The molecule has 2 aliphatic rings. The zero-order valence-electron chi connectivity index (χ0n) is 21.9. The highest BCUT2D eigenvalue weighted by molar-refractivity contribution is 6.02. The Kier molecular flexibility index (Phi) is 7.20. The second-order valence-corrected chi connectivity index (χ2v) is 9.38. The zero-order valence-corrected chi connectivity index (χ0v) is 21.9. The third kappa shape index (κ3) is 4.89. The van der Waals surface area contributed by atoms with Crippen LogP contribution in [-0.4, -0.2) is 67.4 Å². The van der Waals surface area contributed by atoms with E-state index in [4.69, 9.17) is 14.2 Å². The monoisotopic (exact) mass is 577 g/mol. The van der Waals surface area contributed by atoms with Gasteiger partial charge in [0.1, 0.15) is 24.4 Å². The summed E-state index contributed by atoms with van der Waals surface area (Å²) in [4.78, 5) is 50.0. The molecule has 2 aromatic carbocycles. The Bertz CT molecular complexity index is 1670. The van der Waals surface area contributed by atoms with E-state index in [-0.39, 0.29) is 17.0 Å². The van der Waals surface area contributed by atoms with Gasteiger partial charge in [-0.2, -0.15) is 0 Å². The van der Waals surface area contributed by atoms with Gasteiger partial charge in [-0.05, 0) is 19.1 Å². The number of carboxylic acids is 1. The van der Waals surface area contributed by atoms with Gasteiger partial charge in [0.2, 0.25) is 0 Å². The highest BCUT2D eigenvalue weighted by Gasteiger charge is 2.56. The Labute approximate surface area is 236 Å². The van der Waals surface area contributed by atoms with Crippen molar-refractivity contribution < 1.29 is 38.1 Å². The summed E-state index contributed by atoms with van der Waals surface area (Å²) in [7, 11) is 0. The molecule has 0 radical (unpaired) electrons. The van der Waals surface area contributed by atoms with Crippen molar-refractivity contribution in [3.63, 3.8) is 0 Å². The predicted octanol–water partition coefficient (Wildman–Crippen LogP) is 2.82. The first kappa shape index (κ1) is 27.2. The smallest absolute Gasteiger partial charge is 0.337 e. The van der Waals surface area contributed by atoms with Gasteiger partial charge in [-0.1, -0.05) is 36.4 Å². The number of carbonyl (C=O) groups excluding carboxylic acids is 2. The van der Waals surface area contributed by atoms with Gasteiger partial charge in [-0.15, -0.1) is 0 Å². The van der Waals surface area contributed by atoms with Crippen molar-refractivity contribution >= 4 is 40.6 Å². The number of aromatic nitrogens is 4. The molecule has 0 saturated carbocycles. The Hall–Kier alpha value is -4.99. The Balaban J connectivity index is 1.34. The molecule has 2 aliphatic heterocycles. The van der Waals surface area contributed by atoms with Crippen LogP contribution in [0.5, 0.6) is 0 Å². The summed E-state index contributed by atoms with van der Waals surface area (Å²) < 4.78 is 34.7. The Morgan fingerprint density at radius 2 is 1.76 bits per heavy atom. The van der Waals surface area contributed by atoms with Crippen LogP contribution in [0, 0.1) is 5.82 Å². The lowest BCUT2D eigenvalue weighted by Crippen LogP contribution is -2.38. The van der Waals surface area contributed by atoms with E-state index in [0.29, 0.717) is 12.1 Å². The number of hydrogen-bond donors (Lipinski definition) is 4. The first-order chi connectivity index (χ1) is 20.4. The molecule has 2 saturated heterocycles. The van der Waals surface area contributed by atoms with E-state index < -0.39 is 65.8 Å². The maximum absolute atomic E-state index is 14.6. The van der Waals surface area contributed by atoms with Crippen molar-refractivity contribution in [3.05, 3.63) is 78.1 Å². The Morgan fingerprint density at radius 3 is 2.52 bits per heavy atom. The molecular formula is C27H24FN7O7. The maximum Gasteiger partial charge on any atom is 0.337 e. The first-order valence-electron chi connectivity index (χ1n) is 12.9. The number of hydrogen-bond acceptors (Lipinski definition) is 9. The summed E-state index contributed by atoms with van der Waals surface area (Å²) in [6.07, 6.45) is -2.40. The summed E-state index contributed by atoms with van der Waals surface area (Å²) in [5.41, 5.74) is 0.297. The van der Waals surface area contributed by atoms with E-state index in [9.17, 15) is 23.9 Å². The Morgan fingerprint density at radius 1 is 0.976 bits per heavy atom. The van der Waals surface area contributed by atoms with Gasteiger partial charge in [0, 0.05) is 12.1 Å². The van der Waals surface area contributed by atoms with E-state index in [1.165, 1.54) is 29.4 Å². The number of rotatable bonds is 7. The topological polar surface area (TPSA) is 179 Å². The summed E-state index contributed by atoms with van der Waals surface area (Å²) in [6.45, 7) is 2.17. The van der Waals surface area contributed by atoms with Crippen molar-refractivity contribution in [2.45, 2.75) is 37.8 Å². The number of aromatic carboxylic acids is 1. The standard InChI is InChI=1S/C27H24FN7O7/c1-2-29-27(39)34-21-17-22(31-11-30-21)35(12-32-17)24-20-18(41-26(42-20)13-7-4-3-5-8-13)19(40-24)23(36)33-16-14(25(37)38)9-6-10-15(16)28/h3-12,18-20,24,26H,2H2,1H3,(H,33,36)(H,37,38)(H2,29,30,31,34,39)/t18?,19?,20?,24?,26-/m0/s1. The van der Waals surface area contributed by atoms with Gasteiger partial charge in [-0.25, -0.2) is 28.9 Å². The number of nitrogens with one attached hydrogen (secondary N) is 3. The van der Waals surface area contributed by atoms with E-state index in [2.05, 4.69) is 30.9 Å². The van der Waals surface area contributed by atoms with Crippen LogP contribution in [0.3, 0.4) is 0 Å².